The maximum Gasteiger partial charge on any atom is 0.138 e. The molecule has 2 N–H and O–H groups in total. The summed E-state index contributed by atoms with van der Waals surface area (Å²) >= 11 is 0. The van der Waals surface area contributed by atoms with Crippen molar-refractivity contribution in [1.82, 2.24) is 9.97 Å². The fourth-order valence-electron chi connectivity index (χ4n) is 1.60. The zero-order valence-corrected chi connectivity index (χ0v) is 11.4. The van der Waals surface area contributed by atoms with E-state index >= 15 is 0 Å². The largest absolute Gasteiger partial charge is 0.373 e. The van der Waals surface area contributed by atoms with E-state index in [1.165, 1.54) is 12.8 Å². The first-order chi connectivity index (χ1) is 7.82. The highest BCUT2D eigenvalue weighted by atomic mass is 15.1. The SMILES string of the molecule is CNc1cc(NC2(C)CC2)nc(C(C)(C)C)n1. The van der Waals surface area contributed by atoms with Crippen LogP contribution in [0.4, 0.5) is 11.6 Å². The molecular weight excluding hydrogens is 212 g/mol. The smallest absolute Gasteiger partial charge is 0.138 e. The van der Waals surface area contributed by atoms with Gasteiger partial charge in [-0.1, -0.05) is 20.8 Å². The molecule has 1 aliphatic carbocycles. The van der Waals surface area contributed by atoms with Crippen molar-refractivity contribution in [2.24, 2.45) is 0 Å². The first-order valence-electron chi connectivity index (χ1n) is 6.18. The second-order valence-electron chi connectivity index (χ2n) is 6.15. The van der Waals surface area contributed by atoms with Crippen LogP contribution in [0.5, 0.6) is 0 Å². The van der Waals surface area contributed by atoms with Gasteiger partial charge in [-0.05, 0) is 19.8 Å². The summed E-state index contributed by atoms with van der Waals surface area (Å²) in [6, 6.07) is 1.97. The Labute approximate surface area is 103 Å². The minimum atomic E-state index is -0.0340. The van der Waals surface area contributed by atoms with E-state index in [2.05, 4.69) is 48.3 Å². The van der Waals surface area contributed by atoms with Gasteiger partial charge in [0.25, 0.3) is 0 Å². The first-order valence-corrected chi connectivity index (χ1v) is 6.18. The minimum Gasteiger partial charge on any atom is -0.373 e. The van der Waals surface area contributed by atoms with Gasteiger partial charge in [0.2, 0.25) is 0 Å². The molecule has 1 aromatic rings. The number of nitrogens with zero attached hydrogens (tertiary/aromatic N) is 2. The molecule has 4 heteroatoms. The van der Waals surface area contributed by atoms with E-state index in [0.717, 1.165) is 17.5 Å². The molecule has 0 spiro atoms. The highest BCUT2D eigenvalue weighted by Gasteiger charge is 2.37. The van der Waals surface area contributed by atoms with Crippen LogP contribution in [0.15, 0.2) is 6.07 Å². The van der Waals surface area contributed by atoms with E-state index in [1.807, 2.05) is 13.1 Å². The lowest BCUT2D eigenvalue weighted by molar-refractivity contribution is 0.546. The summed E-state index contributed by atoms with van der Waals surface area (Å²) in [6.07, 6.45) is 2.44. The maximum atomic E-state index is 4.62. The minimum absolute atomic E-state index is 0.0340. The fraction of sp³-hybridized carbons (Fsp3) is 0.692. The second-order valence-corrected chi connectivity index (χ2v) is 6.15. The average Bonchev–Trinajstić information content (AvgIpc) is 2.94. The Morgan fingerprint density at radius 2 is 1.76 bits per heavy atom. The number of anilines is 2. The van der Waals surface area contributed by atoms with Gasteiger partial charge in [0.05, 0.1) is 0 Å². The summed E-state index contributed by atoms with van der Waals surface area (Å²) in [6.45, 7) is 8.62. The van der Waals surface area contributed by atoms with Crippen molar-refractivity contribution in [2.75, 3.05) is 17.7 Å². The van der Waals surface area contributed by atoms with Crippen LogP contribution in [0, 0.1) is 0 Å². The molecule has 0 bridgehead atoms. The second kappa shape index (κ2) is 3.86. The van der Waals surface area contributed by atoms with Gasteiger partial charge >= 0.3 is 0 Å². The van der Waals surface area contributed by atoms with Crippen LogP contribution in [0.25, 0.3) is 0 Å². The third-order valence-electron chi connectivity index (χ3n) is 3.08. The number of rotatable bonds is 3. The van der Waals surface area contributed by atoms with Crippen LogP contribution in [-0.2, 0) is 5.41 Å². The molecule has 17 heavy (non-hydrogen) atoms. The summed E-state index contributed by atoms with van der Waals surface area (Å²) in [4.78, 5) is 9.13. The molecule has 0 unspecified atom stereocenters. The fourth-order valence-corrected chi connectivity index (χ4v) is 1.60. The van der Waals surface area contributed by atoms with Crippen molar-refractivity contribution in [3.8, 4) is 0 Å². The Hall–Kier alpha value is -1.32. The Balaban J connectivity index is 2.31. The summed E-state index contributed by atoms with van der Waals surface area (Å²) in [7, 11) is 1.89. The predicted octanol–water partition coefficient (Wildman–Crippen LogP) is 2.78. The first kappa shape index (κ1) is 12.1. The lowest BCUT2D eigenvalue weighted by Gasteiger charge is -2.20. The van der Waals surface area contributed by atoms with Crippen molar-refractivity contribution in [3.63, 3.8) is 0 Å². The molecule has 0 aliphatic heterocycles. The summed E-state index contributed by atoms with van der Waals surface area (Å²) in [5.41, 5.74) is 0.211. The van der Waals surface area contributed by atoms with Crippen molar-refractivity contribution in [1.29, 1.82) is 0 Å². The van der Waals surface area contributed by atoms with Gasteiger partial charge in [0.1, 0.15) is 17.5 Å². The van der Waals surface area contributed by atoms with Crippen LogP contribution in [0.1, 0.15) is 46.4 Å². The van der Waals surface area contributed by atoms with Gasteiger partial charge in [-0.2, -0.15) is 0 Å². The van der Waals surface area contributed by atoms with Gasteiger partial charge in [-0.3, -0.25) is 0 Å². The van der Waals surface area contributed by atoms with E-state index in [1.54, 1.807) is 0 Å². The van der Waals surface area contributed by atoms with Crippen molar-refractivity contribution < 1.29 is 0 Å². The van der Waals surface area contributed by atoms with Gasteiger partial charge in [-0.25, -0.2) is 9.97 Å². The Kier molecular flexibility index (Phi) is 2.76. The zero-order valence-electron chi connectivity index (χ0n) is 11.4. The molecule has 0 radical (unpaired) electrons. The Bertz CT molecular complexity index is 416. The summed E-state index contributed by atoms with van der Waals surface area (Å²) in [5.74, 6) is 2.67. The van der Waals surface area contributed by atoms with E-state index in [-0.39, 0.29) is 11.0 Å². The molecule has 1 heterocycles. The summed E-state index contributed by atoms with van der Waals surface area (Å²) < 4.78 is 0. The molecule has 4 nitrogen and oxygen atoms in total. The average molecular weight is 234 g/mol. The monoisotopic (exact) mass is 234 g/mol. The van der Waals surface area contributed by atoms with Gasteiger partial charge in [0.15, 0.2) is 0 Å². The zero-order chi connectivity index (χ0) is 12.7. The van der Waals surface area contributed by atoms with Crippen LogP contribution in [-0.4, -0.2) is 22.6 Å². The lowest BCUT2D eigenvalue weighted by Crippen LogP contribution is -2.21. The summed E-state index contributed by atoms with van der Waals surface area (Å²) in [5, 5.41) is 6.58. The molecule has 94 valence electrons. The van der Waals surface area contributed by atoms with Crippen molar-refractivity contribution in [2.45, 2.75) is 51.5 Å². The molecule has 1 aliphatic rings. The Morgan fingerprint density at radius 1 is 1.18 bits per heavy atom. The normalized spacial score (nSPS) is 17.7. The number of hydrogen-bond acceptors (Lipinski definition) is 4. The van der Waals surface area contributed by atoms with Gasteiger partial charge < -0.3 is 10.6 Å². The van der Waals surface area contributed by atoms with Crippen LogP contribution in [0.2, 0.25) is 0 Å². The third-order valence-corrected chi connectivity index (χ3v) is 3.08. The van der Waals surface area contributed by atoms with E-state index < -0.39 is 0 Å². The number of hydrogen-bond donors (Lipinski definition) is 2. The van der Waals surface area contributed by atoms with Crippen LogP contribution in [0.3, 0.4) is 0 Å². The maximum absolute atomic E-state index is 4.62. The molecule has 1 aromatic heterocycles. The Morgan fingerprint density at radius 3 is 2.24 bits per heavy atom. The quantitative estimate of drug-likeness (QED) is 0.844. The molecule has 0 saturated heterocycles. The third kappa shape index (κ3) is 2.87. The molecule has 0 atom stereocenters. The number of nitrogens with one attached hydrogen (secondary N) is 2. The van der Waals surface area contributed by atoms with Crippen molar-refractivity contribution in [3.05, 3.63) is 11.9 Å². The topological polar surface area (TPSA) is 49.8 Å². The van der Waals surface area contributed by atoms with Crippen LogP contribution >= 0.6 is 0 Å². The standard InChI is InChI=1S/C13H22N4/c1-12(2,3)11-15-9(14-5)8-10(16-11)17-13(4)6-7-13/h8H,6-7H2,1-5H3,(H2,14,15,16,17). The molecule has 1 fully saturated rings. The molecule has 1 saturated carbocycles. The molecule has 2 rings (SSSR count). The molecular formula is C13H22N4. The van der Waals surface area contributed by atoms with Crippen LogP contribution < -0.4 is 10.6 Å². The van der Waals surface area contributed by atoms with E-state index in [9.17, 15) is 0 Å². The van der Waals surface area contributed by atoms with Gasteiger partial charge in [-0.15, -0.1) is 0 Å². The number of aromatic nitrogens is 2. The lowest BCUT2D eigenvalue weighted by atomic mass is 9.96. The highest BCUT2D eigenvalue weighted by Crippen LogP contribution is 2.38. The highest BCUT2D eigenvalue weighted by molar-refractivity contribution is 5.50. The van der Waals surface area contributed by atoms with Gasteiger partial charge in [0, 0.05) is 24.1 Å². The predicted molar refractivity (Wildman–Crippen MR) is 71.5 cm³/mol. The van der Waals surface area contributed by atoms with Crippen molar-refractivity contribution >= 4 is 11.6 Å². The molecule has 0 amide bonds. The van der Waals surface area contributed by atoms with E-state index in [4.69, 9.17) is 0 Å². The molecule has 0 aromatic carbocycles. The van der Waals surface area contributed by atoms with E-state index in [0.29, 0.717) is 0 Å².